The Balaban J connectivity index is 1.49. The Labute approximate surface area is 180 Å². The molecule has 2 N–H and O–H groups in total. The van der Waals surface area contributed by atoms with Crippen LogP contribution < -0.4 is 10.2 Å². The van der Waals surface area contributed by atoms with Crippen molar-refractivity contribution in [2.45, 2.75) is 13.1 Å². The van der Waals surface area contributed by atoms with Crippen LogP contribution in [0.1, 0.15) is 11.4 Å². The topological polar surface area (TPSA) is 66.1 Å². The number of aromatic nitrogens is 3. The number of morpholine rings is 1. The van der Waals surface area contributed by atoms with Crippen LogP contribution >= 0.6 is 0 Å². The van der Waals surface area contributed by atoms with Crippen molar-refractivity contribution in [3.8, 4) is 11.3 Å². The summed E-state index contributed by atoms with van der Waals surface area (Å²) < 4.78 is 19.8. The number of fused-ring (bicyclic) bond motifs is 1. The molecule has 158 valence electrons. The van der Waals surface area contributed by atoms with Gasteiger partial charge >= 0.3 is 0 Å². The van der Waals surface area contributed by atoms with Crippen molar-refractivity contribution in [3.05, 3.63) is 78.0 Å². The zero-order valence-corrected chi connectivity index (χ0v) is 17.1. The van der Waals surface area contributed by atoms with Crippen LogP contribution in [0.3, 0.4) is 0 Å². The molecule has 7 heteroatoms. The molecule has 1 aliphatic heterocycles. The average molecular weight is 417 g/mol. The maximum atomic E-state index is 14.3. The fourth-order valence-corrected chi connectivity index (χ4v) is 3.91. The lowest BCUT2D eigenvalue weighted by Gasteiger charge is -2.28. The number of hydrogen-bond acceptors (Lipinski definition) is 5. The number of rotatable bonds is 6. The predicted molar refractivity (Wildman–Crippen MR) is 119 cm³/mol. The highest BCUT2D eigenvalue weighted by atomic mass is 19.1. The molecule has 31 heavy (non-hydrogen) atoms. The second-order valence-electron chi connectivity index (χ2n) is 7.61. The SMILES string of the molecule is Fc1cc(-c2cc(N3CCOCC3)nc(CNCc3ccccc3)n2)c2cc[nH]c2c1. The Morgan fingerprint density at radius 3 is 2.68 bits per heavy atom. The molecule has 1 fully saturated rings. The number of nitrogens with one attached hydrogen (secondary N) is 2. The van der Waals surface area contributed by atoms with Crippen molar-refractivity contribution < 1.29 is 9.13 Å². The Bertz CT molecular complexity index is 1170. The predicted octanol–water partition coefficient (Wildman–Crippen LogP) is 3.89. The van der Waals surface area contributed by atoms with E-state index < -0.39 is 0 Å². The molecule has 0 amide bonds. The number of hydrogen-bond donors (Lipinski definition) is 2. The molecule has 1 aliphatic rings. The van der Waals surface area contributed by atoms with Gasteiger partial charge in [0.05, 0.1) is 25.5 Å². The highest BCUT2D eigenvalue weighted by Gasteiger charge is 2.17. The molecule has 6 nitrogen and oxygen atoms in total. The van der Waals surface area contributed by atoms with Crippen molar-refractivity contribution in [1.29, 1.82) is 0 Å². The molecule has 4 aromatic rings. The third-order valence-electron chi connectivity index (χ3n) is 5.46. The highest BCUT2D eigenvalue weighted by molar-refractivity contribution is 5.94. The van der Waals surface area contributed by atoms with Crippen LogP contribution in [-0.4, -0.2) is 41.3 Å². The van der Waals surface area contributed by atoms with Gasteiger partial charge in [0.15, 0.2) is 0 Å². The lowest BCUT2D eigenvalue weighted by molar-refractivity contribution is 0.122. The summed E-state index contributed by atoms with van der Waals surface area (Å²) >= 11 is 0. The van der Waals surface area contributed by atoms with Gasteiger partial charge in [-0.25, -0.2) is 14.4 Å². The van der Waals surface area contributed by atoms with Crippen molar-refractivity contribution in [2.24, 2.45) is 0 Å². The zero-order valence-electron chi connectivity index (χ0n) is 17.1. The molecular weight excluding hydrogens is 393 g/mol. The molecule has 0 unspecified atom stereocenters. The number of nitrogens with zero attached hydrogens (tertiary/aromatic N) is 3. The summed E-state index contributed by atoms with van der Waals surface area (Å²) in [7, 11) is 0. The van der Waals surface area contributed by atoms with E-state index in [1.807, 2.05) is 36.5 Å². The number of aromatic amines is 1. The molecular formula is C24H24FN5O. The van der Waals surface area contributed by atoms with Crippen LogP contribution in [0.2, 0.25) is 0 Å². The summed E-state index contributed by atoms with van der Waals surface area (Å²) in [5, 5.41) is 4.36. The molecule has 0 bridgehead atoms. The molecule has 5 rings (SSSR count). The van der Waals surface area contributed by atoms with Gasteiger partial charge in [0.25, 0.3) is 0 Å². The fraction of sp³-hybridized carbons (Fsp3) is 0.250. The first-order valence-corrected chi connectivity index (χ1v) is 10.5. The quantitative estimate of drug-likeness (QED) is 0.498. The van der Waals surface area contributed by atoms with Crippen LogP contribution in [-0.2, 0) is 17.8 Å². The second-order valence-corrected chi connectivity index (χ2v) is 7.61. The van der Waals surface area contributed by atoms with E-state index in [-0.39, 0.29) is 5.82 Å². The monoisotopic (exact) mass is 417 g/mol. The average Bonchev–Trinajstić information content (AvgIpc) is 3.28. The Morgan fingerprint density at radius 2 is 1.84 bits per heavy atom. The fourth-order valence-electron chi connectivity index (χ4n) is 3.91. The number of anilines is 1. The van der Waals surface area contributed by atoms with Crippen molar-refractivity contribution in [2.75, 3.05) is 31.2 Å². The van der Waals surface area contributed by atoms with Gasteiger partial charge in [0.2, 0.25) is 0 Å². The number of benzene rings is 2. The van der Waals surface area contributed by atoms with Crippen molar-refractivity contribution in [3.63, 3.8) is 0 Å². The van der Waals surface area contributed by atoms with Crippen LogP contribution in [0.25, 0.3) is 22.2 Å². The third kappa shape index (κ3) is 4.42. The second kappa shape index (κ2) is 8.83. The van der Waals surface area contributed by atoms with Gasteiger partial charge in [-0.3, -0.25) is 0 Å². The van der Waals surface area contributed by atoms with Gasteiger partial charge in [-0.1, -0.05) is 30.3 Å². The van der Waals surface area contributed by atoms with Gasteiger partial charge in [-0.15, -0.1) is 0 Å². The lowest BCUT2D eigenvalue weighted by Crippen LogP contribution is -2.37. The van der Waals surface area contributed by atoms with Crippen molar-refractivity contribution >= 4 is 16.7 Å². The molecule has 2 aromatic carbocycles. The van der Waals surface area contributed by atoms with E-state index >= 15 is 0 Å². The first-order chi connectivity index (χ1) is 15.3. The number of halogens is 1. The Morgan fingerprint density at radius 1 is 1.00 bits per heavy atom. The first-order valence-electron chi connectivity index (χ1n) is 10.5. The minimum atomic E-state index is -0.291. The summed E-state index contributed by atoms with van der Waals surface area (Å²) in [6.07, 6.45) is 1.82. The zero-order chi connectivity index (χ0) is 21.0. The third-order valence-corrected chi connectivity index (χ3v) is 5.46. The molecule has 0 radical (unpaired) electrons. The standard InChI is InChI=1S/C24H24FN5O/c25-18-12-20(19-6-7-27-21(19)13-18)22-14-24(30-8-10-31-11-9-30)29-23(28-22)16-26-15-17-4-2-1-3-5-17/h1-7,12-14,26-27H,8-11,15-16H2. The molecule has 2 aromatic heterocycles. The van der Waals surface area contributed by atoms with E-state index in [4.69, 9.17) is 14.7 Å². The summed E-state index contributed by atoms with van der Waals surface area (Å²) in [6.45, 7) is 4.13. The molecule has 1 saturated heterocycles. The largest absolute Gasteiger partial charge is 0.378 e. The maximum Gasteiger partial charge on any atom is 0.145 e. The van der Waals surface area contributed by atoms with Crippen LogP contribution in [0.5, 0.6) is 0 Å². The van der Waals surface area contributed by atoms with Gasteiger partial charge < -0.3 is 19.9 Å². The minimum Gasteiger partial charge on any atom is -0.378 e. The smallest absolute Gasteiger partial charge is 0.145 e. The lowest BCUT2D eigenvalue weighted by atomic mass is 10.1. The Kier molecular flexibility index (Phi) is 5.60. The van der Waals surface area contributed by atoms with Gasteiger partial charge in [0, 0.05) is 48.4 Å². The number of H-pyrrole nitrogens is 1. The minimum absolute atomic E-state index is 0.291. The van der Waals surface area contributed by atoms with E-state index in [0.717, 1.165) is 47.6 Å². The number of ether oxygens (including phenoxy) is 1. The van der Waals surface area contributed by atoms with Crippen molar-refractivity contribution in [1.82, 2.24) is 20.3 Å². The van der Waals surface area contributed by atoms with E-state index in [1.54, 1.807) is 6.07 Å². The summed E-state index contributed by atoms with van der Waals surface area (Å²) in [6, 6.07) is 17.2. The van der Waals surface area contributed by atoms with E-state index in [2.05, 4.69) is 27.3 Å². The van der Waals surface area contributed by atoms with Crippen LogP contribution in [0.4, 0.5) is 10.2 Å². The first kappa shape index (κ1) is 19.7. The summed E-state index contributed by atoms with van der Waals surface area (Å²) in [5.74, 6) is 1.24. The summed E-state index contributed by atoms with van der Waals surface area (Å²) in [5.41, 5.74) is 3.44. The van der Waals surface area contributed by atoms with Crippen LogP contribution in [0, 0.1) is 5.82 Å². The van der Waals surface area contributed by atoms with Gasteiger partial charge in [-0.05, 0) is 23.8 Å². The van der Waals surface area contributed by atoms with Gasteiger partial charge in [0.1, 0.15) is 17.5 Å². The van der Waals surface area contributed by atoms with E-state index in [0.29, 0.717) is 25.6 Å². The molecule has 3 heterocycles. The van der Waals surface area contributed by atoms with E-state index in [9.17, 15) is 4.39 Å². The van der Waals surface area contributed by atoms with Crippen LogP contribution in [0.15, 0.2) is 60.8 Å². The van der Waals surface area contributed by atoms with Gasteiger partial charge in [-0.2, -0.15) is 0 Å². The highest BCUT2D eigenvalue weighted by Crippen LogP contribution is 2.30. The molecule has 0 spiro atoms. The molecule has 0 saturated carbocycles. The van der Waals surface area contributed by atoms with E-state index in [1.165, 1.54) is 11.6 Å². The molecule has 0 aliphatic carbocycles. The summed E-state index contributed by atoms with van der Waals surface area (Å²) in [4.78, 5) is 14.9. The Hall–Kier alpha value is -3.29. The maximum absolute atomic E-state index is 14.3. The molecule has 0 atom stereocenters. The normalized spacial score (nSPS) is 14.3.